The third-order valence-corrected chi connectivity index (χ3v) is 5.79. The number of amides is 1. The summed E-state index contributed by atoms with van der Waals surface area (Å²) in [6.45, 7) is 2.20. The lowest BCUT2D eigenvalue weighted by molar-refractivity contribution is -0.116. The van der Waals surface area contributed by atoms with Gasteiger partial charge in [-0.15, -0.1) is 11.3 Å². The Morgan fingerprint density at radius 3 is 2.92 bits per heavy atom. The fourth-order valence-electron chi connectivity index (χ4n) is 3.35. The highest BCUT2D eigenvalue weighted by atomic mass is 32.1. The molecule has 134 valence electrons. The van der Waals surface area contributed by atoms with Gasteiger partial charge in [-0.2, -0.15) is 0 Å². The van der Waals surface area contributed by atoms with E-state index in [1.807, 2.05) is 24.4 Å². The summed E-state index contributed by atoms with van der Waals surface area (Å²) in [5, 5.41) is 7.49. The monoisotopic (exact) mass is 368 g/mol. The van der Waals surface area contributed by atoms with Crippen LogP contribution < -0.4 is 16.1 Å². The number of nitrogens with one attached hydrogen (secondary N) is 2. The van der Waals surface area contributed by atoms with Gasteiger partial charge in [-0.05, 0) is 44.0 Å². The van der Waals surface area contributed by atoms with Crippen molar-refractivity contribution in [1.82, 2.24) is 14.9 Å². The molecule has 1 saturated heterocycles. The topological polar surface area (TPSA) is 76.0 Å². The molecule has 1 amide bonds. The fourth-order valence-corrected chi connectivity index (χ4v) is 4.35. The van der Waals surface area contributed by atoms with Crippen LogP contribution in [0.2, 0.25) is 0 Å². The van der Waals surface area contributed by atoms with Crippen molar-refractivity contribution in [2.45, 2.75) is 25.3 Å². The molecule has 3 heterocycles. The van der Waals surface area contributed by atoms with E-state index in [2.05, 4.69) is 15.6 Å². The molecule has 1 aromatic carbocycles. The van der Waals surface area contributed by atoms with Gasteiger partial charge < -0.3 is 15.2 Å². The third-order valence-electron chi connectivity index (χ3n) is 4.71. The molecular formula is C19H20N4O2S. The Balaban J connectivity index is 1.47. The molecule has 26 heavy (non-hydrogen) atoms. The zero-order valence-electron chi connectivity index (χ0n) is 14.3. The minimum atomic E-state index is -0.148. The molecule has 0 spiro atoms. The quantitative estimate of drug-likeness (QED) is 0.742. The summed E-state index contributed by atoms with van der Waals surface area (Å²) in [7, 11) is 0. The van der Waals surface area contributed by atoms with E-state index in [0.717, 1.165) is 31.4 Å². The number of para-hydroxylation sites is 1. The van der Waals surface area contributed by atoms with E-state index >= 15 is 0 Å². The number of anilines is 1. The van der Waals surface area contributed by atoms with Crippen molar-refractivity contribution in [3.63, 3.8) is 0 Å². The molecule has 2 aromatic heterocycles. The second-order valence-corrected chi connectivity index (χ2v) is 7.53. The number of nitrogens with zero attached hydrogens (tertiary/aromatic N) is 2. The molecule has 6 nitrogen and oxygen atoms in total. The Kier molecular flexibility index (Phi) is 4.81. The number of pyridine rings is 1. The summed E-state index contributed by atoms with van der Waals surface area (Å²) in [6, 6.07) is 8.81. The third kappa shape index (κ3) is 3.54. The summed E-state index contributed by atoms with van der Waals surface area (Å²) >= 11 is 1.55. The SMILES string of the molecule is O=C(Cn1ccc(=O)c2ccccc21)Nc1ncc(C2CCNCC2)s1. The van der Waals surface area contributed by atoms with Crippen LogP contribution in [-0.2, 0) is 11.3 Å². The molecule has 7 heteroatoms. The van der Waals surface area contributed by atoms with Gasteiger partial charge in [-0.1, -0.05) is 12.1 Å². The number of benzene rings is 1. The van der Waals surface area contributed by atoms with E-state index in [9.17, 15) is 9.59 Å². The van der Waals surface area contributed by atoms with E-state index in [0.29, 0.717) is 16.4 Å². The van der Waals surface area contributed by atoms with Crippen LogP contribution in [0.5, 0.6) is 0 Å². The molecule has 1 aliphatic rings. The molecule has 4 rings (SSSR count). The van der Waals surface area contributed by atoms with Crippen molar-refractivity contribution >= 4 is 33.3 Å². The fraction of sp³-hybridized carbons (Fsp3) is 0.316. The van der Waals surface area contributed by atoms with Gasteiger partial charge in [0.15, 0.2) is 10.6 Å². The summed E-state index contributed by atoms with van der Waals surface area (Å²) in [6.07, 6.45) is 5.76. The normalized spacial score (nSPS) is 15.2. The van der Waals surface area contributed by atoms with Crippen LogP contribution in [0.15, 0.2) is 47.5 Å². The highest BCUT2D eigenvalue weighted by molar-refractivity contribution is 7.15. The largest absolute Gasteiger partial charge is 0.338 e. The first-order valence-corrected chi connectivity index (χ1v) is 9.57. The van der Waals surface area contributed by atoms with Crippen molar-refractivity contribution in [3.05, 3.63) is 57.8 Å². The molecular weight excluding hydrogens is 348 g/mol. The Morgan fingerprint density at radius 2 is 2.08 bits per heavy atom. The van der Waals surface area contributed by atoms with E-state index in [4.69, 9.17) is 0 Å². The van der Waals surface area contributed by atoms with E-state index in [-0.39, 0.29) is 17.9 Å². The van der Waals surface area contributed by atoms with Gasteiger partial charge in [-0.25, -0.2) is 4.98 Å². The van der Waals surface area contributed by atoms with Gasteiger partial charge >= 0.3 is 0 Å². The van der Waals surface area contributed by atoms with Gasteiger partial charge in [0.05, 0.1) is 5.52 Å². The highest BCUT2D eigenvalue weighted by Crippen LogP contribution is 2.31. The summed E-state index contributed by atoms with van der Waals surface area (Å²) in [5.74, 6) is 0.382. The van der Waals surface area contributed by atoms with E-state index in [1.165, 1.54) is 10.9 Å². The Hall–Kier alpha value is -2.51. The van der Waals surface area contributed by atoms with Crippen LogP contribution in [0.4, 0.5) is 5.13 Å². The number of aromatic nitrogens is 2. The number of carbonyl (C=O) groups excluding carboxylic acids is 1. The number of thiazole rings is 1. The summed E-state index contributed by atoms with van der Waals surface area (Å²) in [4.78, 5) is 30.0. The number of hydrogen-bond donors (Lipinski definition) is 2. The average molecular weight is 368 g/mol. The predicted octanol–water partition coefficient (Wildman–Crippen LogP) is 2.56. The Bertz CT molecular complexity index is 988. The van der Waals surface area contributed by atoms with E-state index < -0.39 is 0 Å². The van der Waals surface area contributed by atoms with Crippen molar-refractivity contribution in [3.8, 4) is 0 Å². The number of hydrogen-bond acceptors (Lipinski definition) is 5. The second kappa shape index (κ2) is 7.39. The van der Waals surface area contributed by atoms with Gasteiger partial charge in [0.25, 0.3) is 0 Å². The standard InChI is InChI=1S/C19H20N4O2S/c24-16-7-10-23(15-4-2-1-3-14(15)16)12-18(25)22-19-21-11-17(26-19)13-5-8-20-9-6-13/h1-4,7,10-11,13,20H,5-6,8-9,12H2,(H,21,22,25). The molecule has 0 bridgehead atoms. The maximum Gasteiger partial charge on any atom is 0.246 e. The van der Waals surface area contributed by atoms with Crippen LogP contribution in [0, 0.1) is 0 Å². The number of piperidine rings is 1. The summed E-state index contributed by atoms with van der Waals surface area (Å²) in [5.41, 5.74) is 0.716. The maximum atomic E-state index is 12.4. The number of carbonyl (C=O) groups is 1. The molecule has 0 unspecified atom stereocenters. The lowest BCUT2D eigenvalue weighted by Crippen LogP contribution is -2.26. The van der Waals surface area contributed by atoms with Gasteiger partial charge in [-0.3, -0.25) is 9.59 Å². The van der Waals surface area contributed by atoms with Crippen molar-refractivity contribution in [2.75, 3.05) is 18.4 Å². The lowest BCUT2D eigenvalue weighted by atomic mass is 9.97. The molecule has 1 aliphatic heterocycles. The minimum Gasteiger partial charge on any atom is -0.338 e. The highest BCUT2D eigenvalue weighted by Gasteiger charge is 2.18. The van der Waals surface area contributed by atoms with Crippen molar-refractivity contribution in [1.29, 1.82) is 0 Å². The average Bonchev–Trinajstić information content (AvgIpc) is 3.13. The molecule has 2 N–H and O–H groups in total. The zero-order chi connectivity index (χ0) is 17.9. The summed E-state index contributed by atoms with van der Waals surface area (Å²) < 4.78 is 1.79. The van der Waals surface area contributed by atoms with Crippen LogP contribution in [0.25, 0.3) is 10.9 Å². The zero-order valence-corrected chi connectivity index (χ0v) is 15.1. The Morgan fingerprint density at radius 1 is 1.27 bits per heavy atom. The van der Waals surface area contributed by atoms with Crippen molar-refractivity contribution < 1.29 is 4.79 Å². The van der Waals surface area contributed by atoms with Crippen LogP contribution >= 0.6 is 11.3 Å². The molecule has 3 aromatic rings. The van der Waals surface area contributed by atoms with Crippen molar-refractivity contribution in [2.24, 2.45) is 0 Å². The smallest absolute Gasteiger partial charge is 0.246 e. The molecule has 0 saturated carbocycles. The van der Waals surface area contributed by atoms with Gasteiger partial charge in [0.2, 0.25) is 5.91 Å². The minimum absolute atomic E-state index is 0.0382. The first-order chi connectivity index (χ1) is 12.7. The van der Waals surface area contributed by atoms with Crippen LogP contribution in [0.1, 0.15) is 23.6 Å². The maximum absolute atomic E-state index is 12.4. The van der Waals surface area contributed by atoms with Gasteiger partial charge in [0.1, 0.15) is 6.54 Å². The number of fused-ring (bicyclic) bond motifs is 1. The van der Waals surface area contributed by atoms with Gasteiger partial charge in [0, 0.05) is 28.7 Å². The van der Waals surface area contributed by atoms with E-state index in [1.54, 1.807) is 28.2 Å². The second-order valence-electron chi connectivity index (χ2n) is 6.47. The van der Waals surface area contributed by atoms with Crippen LogP contribution in [0.3, 0.4) is 0 Å². The van der Waals surface area contributed by atoms with Crippen LogP contribution in [-0.4, -0.2) is 28.5 Å². The molecule has 0 aliphatic carbocycles. The first-order valence-electron chi connectivity index (χ1n) is 8.75. The molecule has 0 atom stereocenters. The molecule has 1 fully saturated rings. The first kappa shape index (κ1) is 16.9. The Labute approximate surface area is 154 Å². The molecule has 0 radical (unpaired) electrons. The lowest BCUT2D eigenvalue weighted by Gasteiger charge is -2.20. The number of rotatable bonds is 4. The predicted molar refractivity (Wildman–Crippen MR) is 104 cm³/mol.